The lowest BCUT2D eigenvalue weighted by Crippen LogP contribution is -2.34. The fraction of sp³-hybridized carbons (Fsp3) is 0.333. The molecule has 9 heteroatoms. The van der Waals surface area contributed by atoms with E-state index in [1.807, 2.05) is 10.3 Å². The molecule has 0 unspecified atom stereocenters. The maximum absolute atomic E-state index is 12.3. The van der Waals surface area contributed by atoms with Crippen LogP contribution in [0.25, 0.3) is 0 Å². The van der Waals surface area contributed by atoms with Crippen LogP contribution in [0.2, 0.25) is 0 Å². The van der Waals surface area contributed by atoms with E-state index in [0.29, 0.717) is 10.6 Å². The van der Waals surface area contributed by atoms with Gasteiger partial charge >= 0.3 is 0 Å². The fourth-order valence-electron chi connectivity index (χ4n) is 2.99. The van der Waals surface area contributed by atoms with E-state index in [0.717, 1.165) is 25.9 Å². The van der Waals surface area contributed by atoms with Crippen LogP contribution in [0.3, 0.4) is 0 Å². The third kappa shape index (κ3) is 4.62. The van der Waals surface area contributed by atoms with Crippen LogP contribution in [-0.2, 0) is 0 Å². The van der Waals surface area contributed by atoms with Crippen molar-refractivity contribution in [1.29, 1.82) is 0 Å². The first-order chi connectivity index (χ1) is 13.1. The van der Waals surface area contributed by atoms with Gasteiger partial charge in [-0.1, -0.05) is 6.07 Å². The van der Waals surface area contributed by atoms with E-state index in [4.69, 9.17) is 0 Å². The lowest BCUT2D eigenvalue weighted by atomic mass is 10.1. The number of thiophene rings is 1. The van der Waals surface area contributed by atoms with E-state index >= 15 is 0 Å². The number of anilines is 1. The Morgan fingerprint density at radius 2 is 1.81 bits per heavy atom. The van der Waals surface area contributed by atoms with Gasteiger partial charge in [-0.25, -0.2) is 0 Å². The number of nitrogens with one attached hydrogen (secondary N) is 2. The Labute approximate surface area is 160 Å². The number of nitro benzene ring substituents is 1. The summed E-state index contributed by atoms with van der Waals surface area (Å²) in [4.78, 5) is 37.6. The molecule has 0 atom stereocenters. The van der Waals surface area contributed by atoms with Gasteiger partial charge in [-0.3, -0.25) is 19.7 Å². The molecule has 3 rings (SSSR count). The van der Waals surface area contributed by atoms with Gasteiger partial charge < -0.3 is 15.5 Å². The Bertz CT molecular complexity index is 832. The minimum atomic E-state index is -0.453. The van der Waals surface area contributed by atoms with E-state index in [-0.39, 0.29) is 30.2 Å². The van der Waals surface area contributed by atoms with Gasteiger partial charge in [0.2, 0.25) is 0 Å². The molecule has 0 bridgehead atoms. The fourth-order valence-corrected chi connectivity index (χ4v) is 3.63. The molecule has 27 heavy (non-hydrogen) atoms. The topological polar surface area (TPSA) is 105 Å². The second-order valence-electron chi connectivity index (χ2n) is 6.14. The van der Waals surface area contributed by atoms with Crippen LogP contribution in [0.15, 0.2) is 35.7 Å². The van der Waals surface area contributed by atoms with Crippen LogP contribution >= 0.6 is 11.3 Å². The van der Waals surface area contributed by atoms with Gasteiger partial charge in [0.05, 0.1) is 9.80 Å². The molecule has 1 aromatic carbocycles. The van der Waals surface area contributed by atoms with Crippen LogP contribution in [0, 0.1) is 10.1 Å². The predicted molar refractivity (Wildman–Crippen MR) is 104 cm³/mol. The average Bonchev–Trinajstić information content (AvgIpc) is 3.38. The first-order valence-electron chi connectivity index (χ1n) is 8.69. The van der Waals surface area contributed by atoms with Gasteiger partial charge in [0.1, 0.15) is 5.69 Å². The smallest absolute Gasteiger partial charge is 0.293 e. The molecular formula is C18H20N4O4S. The summed E-state index contributed by atoms with van der Waals surface area (Å²) in [6, 6.07) is 8.06. The zero-order valence-electron chi connectivity index (χ0n) is 14.6. The number of nitro groups is 1. The third-order valence-corrected chi connectivity index (χ3v) is 5.19. The number of hydrogen-bond acceptors (Lipinski definition) is 6. The highest BCUT2D eigenvalue weighted by Crippen LogP contribution is 2.31. The van der Waals surface area contributed by atoms with E-state index in [9.17, 15) is 19.7 Å². The molecule has 0 radical (unpaired) electrons. The molecule has 1 aromatic heterocycles. The number of rotatable bonds is 7. The van der Waals surface area contributed by atoms with Crippen molar-refractivity contribution in [3.63, 3.8) is 0 Å². The highest BCUT2D eigenvalue weighted by atomic mass is 32.1. The summed E-state index contributed by atoms with van der Waals surface area (Å²) in [6.45, 7) is 2.08. The molecule has 2 heterocycles. The zero-order chi connectivity index (χ0) is 19.2. The Kier molecular flexibility index (Phi) is 6.02. The number of nitrogens with zero attached hydrogens (tertiary/aromatic N) is 2. The molecule has 1 fully saturated rings. The summed E-state index contributed by atoms with van der Waals surface area (Å²) in [5.41, 5.74) is 0.724. The van der Waals surface area contributed by atoms with Crippen molar-refractivity contribution in [2.75, 3.05) is 31.1 Å². The zero-order valence-corrected chi connectivity index (χ0v) is 15.5. The summed E-state index contributed by atoms with van der Waals surface area (Å²) >= 11 is 1.34. The molecule has 0 spiro atoms. The standard InChI is InChI=1S/C18H20N4O4S/c23-17(19-7-8-20-18(24)16-4-3-11-27-16)13-5-6-14(15(12-13)22(25)26)21-9-1-2-10-21/h3-6,11-12H,1-2,7-10H2,(H,19,23)(H,20,24). The molecule has 8 nitrogen and oxygen atoms in total. The molecular weight excluding hydrogens is 368 g/mol. The van der Waals surface area contributed by atoms with Crippen molar-refractivity contribution in [2.24, 2.45) is 0 Å². The van der Waals surface area contributed by atoms with Crippen molar-refractivity contribution in [2.45, 2.75) is 12.8 Å². The minimum Gasteiger partial charge on any atom is -0.366 e. The van der Waals surface area contributed by atoms with Crippen LogP contribution in [0.5, 0.6) is 0 Å². The summed E-state index contributed by atoms with van der Waals surface area (Å²) in [6.07, 6.45) is 2.02. The van der Waals surface area contributed by atoms with Crippen molar-refractivity contribution in [3.05, 3.63) is 56.3 Å². The summed E-state index contributed by atoms with van der Waals surface area (Å²) < 4.78 is 0. The second-order valence-corrected chi connectivity index (χ2v) is 7.09. The van der Waals surface area contributed by atoms with Crippen molar-refractivity contribution >= 4 is 34.5 Å². The first kappa shape index (κ1) is 18.8. The summed E-state index contributed by atoms with van der Waals surface area (Å²) in [5, 5.41) is 18.6. The van der Waals surface area contributed by atoms with Gasteiger partial charge in [0.25, 0.3) is 17.5 Å². The van der Waals surface area contributed by atoms with Crippen molar-refractivity contribution in [1.82, 2.24) is 10.6 Å². The molecule has 1 saturated heterocycles. The maximum Gasteiger partial charge on any atom is 0.293 e. The highest BCUT2D eigenvalue weighted by molar-refractivity contribution is 7.12. The molecule has 1 aliphatic rings. The summed E-state index contributed by atoms with van der Waals surface area (Å²) in [7, 11) is 0. The number of hydrogen-bond donors (Lipinski definition) is 2. The summed E-state index contributed by atoms with van der Waals surface area (Å²) in [5.74, 6) is -0.596. The van der Waals surface area contributed by atoms with Crippen molar-refractivity contribution < 1.29 is 14.5 Å². The molecule has 142 valence electrons. The lowest BCUT2D eigenvalue weighted by Gasteiger charge is -2.17. The predicted octanol–water partition coefficient (Wildman–Crippen LogP) is 2.42. The SMILES string of the molecule is O=C(NCCNC(=O)c1cccs1)c1ccc(N2CCCC2)c([N+](=O)[O-])c1. The van der Waals surface area contributed by atoms with Crippen LogP contribution in [-0.4, -0.2) is 42.9 Å². The highest BCUT2D eigenvalue weighted by Gasteiger charge is 2.23. The van der Waals surface area contributed by atoms with E-state index in [1.165, 1.54) is 17.4 Å². The molecule has 1 aliphatic heterocycles. The quantitative estimate of drug-likeness (QED) is 0.431. The normalized spacial score (nSPS) is 13.4. The molecule has 0 saturated carbocycles. The van der Waals surface area contributed by atoms with E-state index < -0.39 is 10.8 Å². The van der Waals surface area contributed by atoms with Gasteiger partial charge in [0.15, 0.2) is 0 Å². The Balaban J connectivity index is 1.57. The lowest BCUT2D eigenvalue weighted by molar-refractivity contribution is -0.384. The Hall–Kier alpha value is -2.94. The molecule has 2 aromatic rings. The van der Waals surface area contributed by atoms with E-state index in [1.54, 1.807) is 24.3 Å². The largest absolute Gasteiger partial charge is 0.366 e. The maximum atomic E-state index is 12.3. The van der Waals surface area contributed by atoms with Crippen molar-refractivity contribution in [3.8, 4) is 0 Å². The van der Waals surface area contributed by atoms with Crippen LogP contribution in [0.4, 0.5) is 11.4 Å². The number of carbonyl (C=O) groups excluding carboxylic acids is 2. The van der Waals surface area contributed by atoms with Crippen LogP contribution in [0.1, 0.15) is 32.9 Å². The Morgan fingerprint density at radius 3 is 2.44 bits per heavy atom. The first-order valence-corrected chi connectivity index (χ1v) is 9.57. The van der Waals surface area contributed by atoms with Gasteiger partial charge in [-0.05, 0) is 36.4 Å². The average molecular weight is 388 g/mol. The van der Waals surface area contributed by atoms with Gasteiger partial charge in [-0.15, -0.1) is 11.3 Å². The molecule has 2 N–H and O–H groups in total. The molecule has 0 aliphatic carbocycles. The van der Waals surface area contributed by atoms with Gasteiger partial charge in [-0.2, -0.15) is 0 Å². The monoisotopic (exact) mass is 388 g/mol. The number of benzene rings is 1. The molecule has 2 amide bonds. The Morgan fingerprint density at radius 1 is 1.11 bits per heavy atom. The number of amides is 2. The van der Waals surface area contributed by atoms with Crippen LogP contribution < -0.4 is 15.5 Å². The van der Waals surface area contributed by atoms with Gasteiger partial charge in [0, 0.05) is 37.8 Å². The van der Waals surface area contributed by atoms with E-state index in [2.05, 4.69) is 10.6 Å². The third-order valence-electron chi connectivity index (χ3n) is 4.32. The second kappa shape index (κ2) is 8.63. The number of carbonyl (C=O) groups is 2. The minimum absolute atomic E-state index is 0.0597.